The predicted molar refractivity (Wildman–Crippen MR) is 62.3 cm³/mol. The number of rotatable bonds is 3. The third kappa shape index (κ3) is 3.18. The molecule has 1 saturated heterocycles. The van der Waals surface area contributed by atoms with E-state index in [0.29, 0.717) is 0 Å². The first-order valence-electron chi connectivity index (χ1n) is 8.08. The molecule has 0 radical (unpaired) electrons. The average Bonchev–Trinajstić information content (AvgIpc) is 2.62. The SMILES string of the molecule is FC(F)(F)C(F)(F)N1C(F)(F)C(F)(F)OC(F)(F)C1(F)OC1(F)C(F)(F)C(F)(F)C(F)(F)C(F)(F)C1(F)F. The second kappa shape index (κ2) is 7.31. The molecular formula is C12F23NO2. The van der Waals surface area contributed by atoms with Gasteiger partial charge in [-0.3, -0.25) is 4.74 Å². The van der Waals surface area contributed by atoms with Crippen LogP contribution in [0.3, 0.4) is 0 Å². The van der Waals surface area contributed by atoms with E-state index in [4.69, 9.17) is 0 Å². The maximum Gasteiger partial charge on any atom is 0.469 e. The summed E-state index contributed by atoms with van der Waals surface area (Å²) in [6.07, 6.45) is -23.8. The van der Waals surface area contributed by atoms with Crippen LogP contribution in [0.25, 0.3) is 0 Å². The number of hydrogen-bond acceptors (Lipinski definition) is 3. The molecular weight excluding hydrogens is 627 g/mol. The highest BCUT2D eigenvalue weighted by Gasteiger charge is 3.04. The fourth-order valence-electron chi connectivity index (χ4n) is 2.82. The van der Waals surface area contributed by atoms with E-state index in [9.17, 15) is 101 Å². The largest absolute Gasteiger partial charge is 0.469 e. The highest BCUT2D eigenvalue weighted by atomic mass is 19.4. The van der Waals surface area contributed by atoms with Gasteiger partial charge in [0.25, 0.3) is 0 Å². The van der Waals surface area contributed by atoms with Crippen molar-refractivity contribution in [1.29, 1.82) is 0 Å². The van der Waals surface area contributed by atoms with Crippen molar-refractivity contribution in [1.82, 2.24) is 4.90 Å². The third-order valence-electron chi connectivity index (χ3n) is 4.82. The summed E-state index contributed by atoms with van der Waals surface area (Å²) in [4.78, 5) is -4.83. The lowest BCUT2D eigenvalue weighted by Gasteiger charge is -2.56. The van der Waals surface area contributed by atoms with Crippen LogP contribution < -0.4 is 0 Å². The van der Waals surface area contributed by atoms with Crippen molar-refractivity contribution in [2.24, 2.45) is 0 Å². The zero-order valence-corrected chi connectivity index (χ0v) is 16.0. The molecule has 0 aromatic rings. The number of halogens is 23. The summed E-state index contributed by atoms with van der Waals surface area (Å²) in [5.74, 6) is -59.7. The highest BCUT2D eigenvalue weighted by molar-refractivity contribution is 5.24. The topological polar surface area (TPSA) is 21.7 Å². The maximum absolute atomic E-state index is 14.7. The second-order valence-electron chi connectivity index (χ2n) is 7.18. The Bertz CT molecular complexity index is 930. The molecule has 1 saturated carbocycles. The van der Waals surface area contributed by atoms with Gasteiger partial charge in [-0.25, -0.2) is 4.74 Å². The molecule has 2 aliphatic rings. The normalized spacial score (nSPS) is 34.5. The van der Waals surface area contributed by atoms with E-state index in [-0.39, 0.29) is 0 Å². The van der Waals surface area contributed by atoms with Crippen LogP contribution in [0.4, 0.5) is 101 Å². The minimum atomic E-state index is -8.77. The average molecular weight is 627 g/mol. The Labute approximate surface area is 189 Å². The molecule has 0 bridgehead atoms. The zero-order valence-electron chi connectivity index (χ0n) is 16.0. The molecule has 2 rings (SSSR count). The molecule has 0 aromatic carbocycles. The Hall–Kier alpha value is -1.73. The Morgan fingerprint density at radius 1 is 0.474 bits per heavy atom. The number of nitrogens with zero attached hydrogens (tertiary/aromatic N) is 1. The molecule has 0 aromatic heterocycles. The lowest BCUT2D eigenvalue weighted by Crippen LogP contribution is -2.88. The first-order chi connectivity index (χ1) is 16.0. The van der Waals surface area contributed by atoms with Crippen molar-refractivity contribution in [3.8, 4) is 0 Å². The van der Waals surface area contributed by atoms with Crippen LogP contribution in [-0.2, 0) is 9.47 Å². The van der Waals surface area contributed by atoms with Crippen molar-refractivity contribution in [2.75, 3.05) is 0 Å². The summed E-state index contributed by atoms with van der Waals surface area (Å²) in [6, 6.07) is -16.6. The van der Waals surface area contributed by atoms with Crippen LogP contribution >= 0.6 is 0 Å². The predicted octanol–water partition coefficient (Wildman–Crippen LogP) is 6.75. The van der Waals surface area contributed by atoms with Crippen LogP contribution in [0.15, 0.2) is 0 Å². The molecule has 1 atom stereocenters. The van der Waals surface area contributed by atoms with Gasteiger partial charge < -0.3 is 0 Å². The summed E-state index contributed by atoms with van der Waals surface area (Å²) in [5.41, 5.74) is 0. The van der Waals surface area contributed by atoms with Gasteiger partial charge in [-0.15, -0.1) is 4.90 Å². The standard InChI is InChI=1S/C12F23NO2/c13-1(14)2(15,16)4(19,20)6(23,5(21,22)3(1,17)18)37-12(35)11(33,34)38-10(31,32)9(29,30)36(12)8(27,28)7(24,25)26. The van der Waals surface area contributed by atoms with Crippen LogP contribution in [0.2, 0.25) is 0 Å². The molecule has 0 spiro atoms. The Morgan fingerprint density at radius 2 is 0.789 bits per heavy atom. The molecule has 1 aliphatic heterocycles. The van der Waals surface area contributed by atoms with Gasteiger partial charge in [-0.05, 0) is 0 Å². The zero-order chi connectivity index (χ0) is 31.0. The van der Waals surface area contributed by atoms with Gasteiger partial charge in [0.1, 0.15) is 0 Å². The minimum absolute atomic E-state index is 1.37. The second-order valence-corrected chi connectivity index (χ2v) is 7.18. The summed E-state index contributed by atoms with van der Waals surface area (Å²) in [5, 5.41) is 0. The summed E-state index contributed by atoms with van der Waals surface area (Å²) in [7, 11) is 0. The van der Waals surface area contributed by atoms with Crippen molar-refractivity contribution < 1.29 is 110 Å². The number of ether oxygens (including phenoxy) is 2. The van der Waals surface area contributed by atoms with Crippen LogP contribution in [0.1, 0.15) is 0 Å². The van der Waals surface area contributed by atoms with E-state index >= 15 is 0 Å². The Kier molecular flexibility index (Phi) is 6.25. The first-order valence-corrected chi connectivity index (χ1v) is 8.08. The molecule has 1 unspecified atom stereocenters. The van der Waals surface area contributed by atoms with Gasteiger partial charge in [-0.1, -0.05) is 0 Å². The monoisotopic (exact) mass is 627 g/mol. The number of morpholine rings is 1. The molecule has 38 heavy (non-hydrogen) atoms. The van der Waals surface area contributed by atoms with Crippen LogP contribution in [0.5, 0.6) is 0 Å². The Balaban J connectivity index is 3.05. The van der Waals surface area contributed by atoms with Gasteiger partial charge >= 0.3 is 71.9 Å². The van der Waals surface area contributed by atoms with E-state index < -0.39 is 76.8 Å². The van der Waals surface area contributed by atoms with Crippen molar-refractivity contribution in [3.63, 3.8) is 0 Å². The molecule has 0 amide bonds. The lowest BCUT2D eigenvalue weighted by atomic mass is 9.78. The van der Waals surface area contributed by atoms with Gasteiger partial charge in [0.05, 0.1) is 0 Å². The number of alkyl halides is 23. The fraction of sp³-hybridized carbons (Fsp3) is 1.00. The first kappa shape index (κ1) is 32.5. The van der Waals surface area contributed by atoms with Gasteiger partial charge in [0, 0.05) is 0 Å². The summed E-state index contributed by atoms with van der Waals surface area (Å²) < 4.78 is 313. The molecule has 0 N–H and O–H groups in total. The van der Waals surface area contributed by atoms with Crippen molar-refractivity contribution in [3.05, 3.63) is 0 Å². The molecule has 3 nitrogen and oxygen atoms in total. The van der Waals surface area contributed by atoms with E-state index in [1.54, 1.807) is 0 Å². The van der Waals surface area contributed by atoms with E-state index in [1.807, 2.05) is 0 Å². The molecule has 1 heterocycles. The fourth-order valence-corrected chi connectivity index (χ4v) is 2.82. The summed E-state index contributed by atoms with van der Waals surface area (Å²) >= 11 is 0. The van der Waals surface area contributed by atoms with Gasteiger partial charge in [-0.2, -0.15) is 101 Å². The molecule has 2 fully saturated rings. The summed E-state index contributed by atoms with van der Waals surface area (Å²) in [6.45, 7) is 0. The lowest BCUT2D eigenvalue weighted by molar-refractivity contribution is -0.640. The van der Waals surface area contributed by atoms with E-state index in [1.165, 1.54) is 9.47 Å². The van der Waals surface area contributed by atoms with Crippen molar-refractivity contribution >= 4 is 0 Å². The van der Waals surface area contributed by atoms with Crippen LogP contribution in [-0.4, -0.2) is 76.8 Å². The van der Waals surface area contributed by atoms with Gasteiger partial charge in [0.15, 0.2) is 0 Å². The van der Waals surface area contributed by atoms with Crippen molar-refractivity contribution in [2.45, 2.75) is 71.9 Å². The quantitative estimate of drug-likeness (QED) is 0.256. The number of hydrogen-bond donors (Lipinski definition) is 0. The van der Waals surface area contributed by atoms with E-state index in [0.717, 1.165) is 0 Å². The highest BCUT2D eigenvalue weighted by Crippen LogP contribution is 2.72. The molecule has 1 aliphatic carbocycles. The molecule has 226 valence electrons. The third-order valence-corrected chi connectivity index (χ3v) is 4.82. The Morgan fingerprint density at radius 3 is 1.11 bits per heavy atom. The smallest absolute Gasteiger partial charge is 0.278 e. The molecule has 26 heteroatoms. The van der Waals surface area contributed by atoms with E-state index in [2.05, 4.69) is 0 Å². The maximum atomic E-state index is 14.7. The van der Waals surface area contributed by atoms with Gasteiger partial charge in [0.2, 0.25) is 0 Å². The van der Waals surface area contributed by atoms with Crippen LogP contribution in [0, 0.1) is 0 Å². The minimum Gasteiger partial charge on any atom is -0.278 e.